The van der Waals surface area contributed by atoms with Crippen molar-refractivity contribution < 1.29 is 9.18 Å². The molecule has 0 spiro atoms. The van der Waals surface area contributed by atoms with E-state index in [1.54, 1.807) is 17.0 Å². The number of piperazine rings is 1. The number of halogens is 1. The molecular formula is C15H22FN3O. The van der Waals surface area contributed by atoms with E-state index in [0.29, 0.717) is 38.3 Å². The number of nitrogens with zero attached hydrogens (tertiary/aromatic N) is 2. The lowest BCUT2D eigenvalue weighted by Gasteiger charge is -2.37. The molecule has 2 rings (SSSR count). The van der Waals surface area contributed by atoms with Crippen LogP contribution in [0.15, 0.2) is 24.3 Å². The van der Waals surface area contributed by atoms with Crippen molar-refractivity contribution in [2.75, 3.05) is 31.1 Å². The molecule has 1 atom stereocenters. The molecule has 20 heavy (non-hydrogen) atoms. The number of hydrogen-bond donors (Lipinski definition) is 1. The van der Waals surface area contributed by atoms with Gasteiger partial charge in [-0.05, 0) is 18.6 Å². The molecule has 4 nitrogen and oxygen atoms in total. The number of amides is 1. The fourth-order valence-corrected chi connectivity index (χ4v) is 2.54. The first-order chi connectivity index (χ1) is 9.63. The largest absolute Gasteiger partial charge is 0.366 e. The molecule has 1 amide bonds. The molecule has 2 N–H and O–H groups in total. The minimum absolute atomic E-state index is 0.0139. The molecule has 0 radical (unpaired) electrons. The number of rotatable bonds is 4. The summed E-state index contributed by atoms with van der Waals surface area (Å²) < 4.78 is 13.7. The highest BCUT2D eigenvalue weighted by atomic mass is 19.1. The maximum atomic E-state index is 13.7. The second-order valence-corrected chi connectivity index (χ2v) is 5.16. The molecule has 110 valence electrons. The van der Waals surface area contributed by atoms with Crippen molar-refractivity contribution in [1.82, 2.24) is 4.90 Å². The first kappa shape index (κ1) is 14.8. The van der Waals surface area contributed by atoms with E-state index in [1.165, 1.54) is 6.07 Å². The van der Waals surface area contributed by atoms with E-state index in [4.69, 9.17) is 5.73 Å². The zero-order valence-electron chi connectivity index (χ0n) is 11.9. The Morgan fingerprint density at radius 2 is 1.95 bits per heavy atom. The van der Waals surface area contributed by atoms with Crippen LogP contribution in [-0.4, -0.2) is 43.0 Å². The lowest BCUT2D eigenvalue weighted by atomic mass is 10.1. The van der Waals surface area contributed by atoms with E-state index in [1.807, 2.05) is 17.9 Å². The number of hydrogen-bond acceptors (Lipinski definition) is 3. The van der Waals surface area contributed by atoms with Crippen LogP contribution in [0.2, 0.25) is 0 Å². The summed E-state index contributed by atoms with van der Waals surface area (Å²) in [6, 6.07) is 6.34. The van der Waals surface area contributed by atoms with Gasteiger partial charge < -0.3 is 15.5 Å². The number of nitrogens with two attached hydrogens (primary N) is 1. The third-order valence-corrected chi connectivity index (χ3v) is 3.70. The van der Waals surface area contributed by atoms with Crippen molar-refractivity contribution in [1.29, 1.82) is 0 Å². The molecule has 1 aromatic carbocycles. The Morgan fingerprint density at radius 3 is 2.55 bits per heavy atom. The molecule has 1 aliphatic rings. The van der Waals surface area contributed by atoms with Gasteiger partial charge >= 0.3 is 0 Å². The molecular weight excluding hydrogens is 257 g/mol. The Labute approximate surface area is 119 Å². The number of carbonyl (C=O) groups is 1. The quantitative estimate of drug-likeness (QED) is 0.911. The van der Waals surface area contributed by atoms with Gasteiger partial charge in [-0.2, -0.15) is 0 Å². The van der Waals surface area contributed by atoms with Gasteiger partial charge in [0.05, 0.1) is 11.7 Å². The van der Waals surface area contributed by atoms with Crippen molar-refractivity contribution in [2.45, 2.75) is 25.8 Å². The highest BCUT2D eigenvalue weighted by Crippen LogP contribution is 2.20. The summed E-state index contributed by atoms with van der Waals surface area (Å²) in [5, 5.41) is 0. The van der Waals surface area contributed by atoms with Crippen LogP contribution in [-0.2, 0) is 4.79 Å². The van der Waals surface area contributed by atoms with Crippen LogP contribution in [0.3, 0.4) is 0 Å². The summed E-state index contributed by atoms with van der Waals surface area (Å²) in [6.45, 7) is 4.51. The van der Waals surface area contributed by atoms with Crippen molar-refractivity contribution in [3.63, 3.8) is 0 Å². The normalized spacial score (nSPS) is 17.1. The molecule has 1 unspecified atom stereocenters. The summed E-state index contributed by atoms with van der Waals surface area (Å²) in [7, 11) is 0. The Kier molecular flexibility index (Phi) is 4.95. The van der Waals surface area contributed by atoms with Gasteiger partial charge in [0.1, 0.15) is 5.82 Å². The van der Waals surface area contributed by atoms with Crippen LogP contribution in [0, 0.1) is 5.82 Å². The minimum atomic E-state index is -0.403. The molecule has 0 aliphatic carbocycles. The highest BCUT2D eigenvalue weighted by molar-refractivity contribution is 5.81. The predicted octanol–water partition coefficient (Wildman–Crippen LogP) is 1.60. The minimum Gasteiger partial charge on any atom is -0.366 e. The molecule has 5 heteroatoms. The summed E-state index contributed by atoms with van der Waals surface area (Å²) >= 11 is 0. The third-order valence-electron chi connectivity index (χ3n) is 3.70. The van der Waals surface area contributed by atoms with Crippen LogP contribution >= 0.6 is 0 Å². The Bertz CT molecular complexity index is 458. The van der Waals surface area contributed by atoms with E-state index in [0.717, 1.165) is 6.42 Å². The lowest BCUT2D eigenvalue weighted by molar-refractivity contribution is -0.133. The molecule has 1 aliphatic heterocycles. The fraction of sp³-hybridized carbons (Fsp3) is 0.533. The monoisotopic (exact) mass is 279 g/mol. The number of para-hydroxylation sites is 1. The van der Waals surface area contributed by atoms with Gasteiger partial charge in [-0.1, -0.05) is 25.5 Å². The second kappa shape index (κ2) is 6.70. The van der Waals surface area contributed by atoms with Gasteiger partial charge in [-0.3, -0.25) is 4.79 Å². The molecule has 1 aromatic rings. The Balaban J connectivity index is 1.93. The van der Waals surface area contributed by atoms with Gasteiger partial charge in [-0.15, -0.1) is 0 Å². The summed E-state index contributed by atoms with van der Waals surface area (Å²) in [6.07, 6.45) is 1.62. The summed E-state index contributed by atoms with van der Waals surface area (Å²) in [4.78, 5) is 15.9. The zero-order chi connectivity index (χ0) is 14.5. The van der Waals surface area contributed by atoms with Crippen molar-refractivity contribution in [3.8, 4) is 0 Å². The fourth-order valence-electron chi connectivity index (χ4n) is 2.54. The van der Waals surface area contributed by atoms with E-state index >= 15 is 0 Å². The van der Waals surface area contributed by atoms with Crippen LogP contribution in [0.4, 0.5) is 10.1 Å². The van der Waals surface area contributed by atoms with Gasteiger partial charge in [0.15, 0.2) is 0 Å². The van der Waals surface area contributed by atoms with Gasteiger partial charge in [0, 0.05) is 26.2 Å². The van der Waals surface area contributed by atoms with Crippen molar-refractivity contribution in [3.05, 3.63) is 30.1 Å². The molecule has 1 fully saturated rings. The predicted molar refractivity (Wildman–Crippen MR) is 78.1 cm³/mol. The smallest absolute Gasteiger partial charge is 0.239 e. The van der Waals surface area contributed by atoms with Crippen LogP contribution < -0.4 is 10.6 Å². The topological polar surface area (TPSA) is 49.6 Å². The number of anilines is 1. The zero-order valence-corrected chi connectivity index (χ0v) is 11.9. The van der Waals surface area contributed by atoms with Gasteiger partial charge in [-0.25, -0.2) is 4.39 Å². The molecule has 0 saturated carbocycles. The van der Waals surface area contributed by atoms with E-state index < -0.39 is 6.04 Å². The SMILES string of the molecule is CCCC(N)C(=O)N1CCN(c2ccccc2F)CC1. The Morgan fingerprint density at radius 1 is 1.30 bits per heavy atom. The van der Waals surface area contributed by atoms with E-state index in [-0.39, 0.29) is 11.7 Å². The number of benzene rings is 1. The number of carbonyl (C=O) groups excluding carboxylic acids is 1. The van der Waals surface area contributed by atoms with Crippen molar-refractivity contribution in [2.24, 2.45) is 5.73 Å². The Hall–Kier alpha value is -1.62. The average Bonchev–Trinajstić information content (AvgIpc) is 2.47. The summed E-state index contributed by atoms with van der Waals surface area (Å²) in [5.74, 6) is -0.199. The van der Waals surface area contributed by atoms with Gasteiger partial charge in [0.25, 0.3) is 0 Å². The third kappa shape index (κ3) is 3.28. The maximum absolute atomic E-state index is 13.7. The van der Waals surface area contributed by atoms with Crippen LogP contribution in [0.25, 0.3) is 0 Å². The standard InChI is InChI=1S/C15H22FN3O/c1-2-5-13(17)15(20)19-10-8-18(9-11-19)14-7-4-3-6-12(14)16/h3-4,6-7,13H,2,5,8-11,17H2,1H3. The molecule has 1 saturated heterocycles. The molecule has 1 heterocycles. The molecule has 0 bridgehead atoms. The van der Waals surface area contributed by atoms with Crippen LogP contribution in [0.5, 0.6) is 0 Å². The first-order valence-corrected chi connectivity index (χ1v) is 7.17. The first-order valence-electron chi connectivity index (χ1n) is 7.17. The van der Waals surface area contributed by atoms with Crippen molar-refractivity contribution >= 4 is 11.6 Å². The average molecular weight is 279 g/mol. The lowest BCUT2D eigenvalue weighted by Crippen LogP contribution is -2.53. The van der Waals surface area contributed by atoms with E-state index in [2.05, 4.69) is 0 Å². The van der Waals surface area contributed by atoms with E-state index in [9.17, 15) is 9.18 Å². The maximum Gasteiger partial charge on any atom is 0.239 e. The molecule has 0 aromatic heterocycles. The second-order valence-electron chi connectivity index (χ2n) is 5.16. The summed E-state index contributed by atoms with van der Waals surface area (Å²) in [5.41, 5.74) is 6.47. The highest BCUT2D eigenvalue weighted by Gasteiger charge is 2.25. The van der Waals surface area contributed by atoms with Crippen LogP contribution in [0.1, 0.15) is 19.8 Å². The van der Waals surface area contributed by atoms with Gasteiger partial charge in [0.2, 0.25) is 5.91 Å².